The Labute approximate surface area is 119 Å². The number of thioether (sulfide) groups is 1. The molecule has 0 saturated heterocycles. The molecule has 8 heteroatoms. The zero-order valence-electron chi connectivity index (χ0n) is 9.96. The van der Waals surface area contributed by atoms with Gasteiger partial charge in [0.2, 0.25) is 0 Å². The van der Waals surface area contributed by atoms with Gasteiger partial charge in [-0.15, -0.1) is 6.42 Å². The molecule has 0 aliphatic carbocycles. The Morgan fingerprint density at radius 1 is 1.63 bits per heavy atom. The molecule has 0 aliphatic rings. The summed E-state index contributed by atoms with van der Waals surface area (Å²) < 4.78 is 0. The maximum atomic E-state index is 12.1. The van der Waals surface area contributed by atoms with Crippen molar-refractivity contribution in [3.8, 4) is 12.3 Å². The molecule has 1 aromatic heterocycles. The highest BCUT2D eigenvalue weighted by Crippen LogP contribution is 2.18. The van der Waals surface area contributed by atoms with E-state index < -0.39 is 18.4 Å². The van der Waals surface area contributed by atoms with Gasteiger partial charge in [-0.3, -0.25) is 9.59 Å². The second kappa shape index (κ2) is 6.97. The van der Waals surface area contributed by atoms with Gasteiger partial charge in [0.05, 0.1) is 17.8 Å². The fraction of sp³-hybridized carbons (Fsp3) is 0.273. The Hall–Kier alpha value is -1.78. The second-order valence-corrected chi connectivity index (χ2v) is 4.49. The van der Waals surface area contributed by atoms with E-state index in [0.29, 0.717) is 5.16 Å². The monoisotopic (exact) mass is 299 g/mol. The normalized spacial score (nSPS) is 9.74. The van der Waals surface area contributed by atoms with Crippen molar-refractivity contribution >= 4 is 35.2 Å². The van der Waals surface area contributed by atoms with Crippen LogP contribution in [0.4, 0.5) is 0 Å². The lowest BCUT2D eigenvalue weighted by Crippen LogP contribution is -2.36. The molecule has 0 bridgehead atoms. The minimum Gasteiger partial charge on any atom is -0.480 e. The Kier molecular flexibility index (Phi) is 5.60. The first kappa shape index (κ1) is 15.3. The number of aliphatic carboxylic acids is 1. The van der Waals surface area contributed by atoms with E-state index in [1.165, 1.54) is 18.0 Å². The quantitative estimate of drug-likeness (QED) is 0.496. The van der Waals surface area contributed by atoms with Crippen LogP contribution in [0.25, 0.3) is 0 Å². The number of halogens is 1. The third-order valence-corrected chi connectivity index (χ3v) is 2.84. The molecule has 0 spiro atoms. The molecule has 1 amide bonds. The van der Waals surface area contributed by atoms with E-state index in [-0.39, 0.29) is 17.3 Å². The molecule has 1 heterocycles. The van der Waals surface area contributed by atoms with Gasteiger partial charge < -0.3 is 10.0 Å². The van der Waals surface area contributed by atoms with Gasteiger partial charge in [0.1, 0.15) is 6.54 Å². The molecule has 0 atom stereocenters. The number of amides is 1. The van der Waals surface area contributed by atoms with Crippen molar-refractivity contribution < 1.29 is 14.7 Å². The lowest BCUT2D eigenvalue weighted by molar-refractivity contribution is -0.137. The second-order valence-electron chi connectivity index (χ2n) is 3.31. The van der Waals surface area contributed by atoms with Crippen LogP contribution in [0.3, 0.4) is 0 Å². The molecule has 0 radical (unpaired) electrons. The van der Waals surface area contributed by atoms with Gasteiger partial charge in [0, 0.05) is 0 Å². The Morgan fingerprint density at radius 2 is 2.32 bits per heavy atom. The fourth-order valence-electron chi connectivity index (χ4n) is 1.22. The average Bonchev–Trinajstić information content (AvgIpc) is 2.37. The first-order chi connectivity index (χ1) is 8.99. The third kappa shape index (κ3) is 4.12. The predicted octanol–water partition coefficient (Wildman–Crippen LogP) is 1.01. The van der Waals surface area contributed by atoms with Crippen LogP contribution < -0.4 is 0 Å². The highest BCUT2D eigenvalue weighted by Gasteiger charge is 2.22. The number of carbonyl (C=O) groups is 2. The fourth-order valence-corrected chi connectivity index (χ4v) is 1.73. The van der Waals surface area contributed by atoms with Crippen LogP contribution in [0, 0.1) is 12.3 Å². The van der Waals surface area contributed by atoms with Crippen molar-refractivity contribution in [1.82, 2.24) is 14.9 Å². The number of carbonyl (C=O) groups excluding carboxylic acids is 1. The van der Waals surface area contributed by atoms with E-state index in [1.54, 1.807) is 6.26 Å². The van der Waals surface area contributed by atoms with Crippen LogP contribution in [0.15, 0.2) is 11.4 Å². The molecule has 6 nitrogen and oxygen atoms in total. The molecular formula is C11H10ClN3O3S. The summed E-state index contributed by atoms with van der Waals surface area (Å²) >= 11 is 7.09. The molecule has 19 heavy (non-hydrogen) atoms. The Morgan fingerprint density at radius 3 is 2.84 bits per heavy atom. The number of terminal acetylenes is 1. The van der Waals surface area contributed by atoms with Crippen LogP contribution >= 0.6 is 23.4 Å². The largest absolute Gasteiger partial charge is 0.480 e. The Balaban J connectivity index is 3.08. The van der Waals surface area contributed by atoms with Gasteiger partial charge in [-0.05, 0) is 6.26 Å². The number of aromatic nitrogens is 2. The number of carboxylic acid groups (broad SMARTS) is 1. The molecule has 100 valence electrons. The van der Waals surface area contributed by atoms with Crippen LogP contribution in [-0.2, 0) is 4.79 Å². The van der Waals surface area contributed by atoms with Crippen molar-refractivity contribution in [2.45, 2.75) is 5.16 Å². The maximum absolute atomic E-state index is 12.1. The summed E-state index contributed by atoms with van der Waals surface area (Å²) in [7, 11) is 0. The summed E-state index contributed by atoms with van der Waals surface area (Å²) in [5, 5.41) is 9.16. The molecule has 0 fully saturated rings. The number of carboxylic acids is 1. The molecule has 0 aliphatic heterocycles. The first-order valence-electron chi connectivity index (χ1n) is 5.00. The van der Waals surface area contributed by atoms with E-state index in [0.717, 1.165) is 4.90 Å². The van der Waals surface area contributed by atoms with Gasteiger partial charge in [0.25, 0.3) is 5.91 Å². The van der Waals surface area contributed by atoms with Crippen LogP contribution in [0.2, 0.25) is 5.02 Å². The summed E-state index contributed by atoms with van der Waals surface area (Å²) in [6.07, 6.45) is 8.15. The topological polar surface area (TPSA) is 83.4 Å². The average molecular weight is 300 g/mol. The molecular weight excluding hydrogens is 290 g/mol. The van der Waals surface area contributed by atoms with E-state index in [4.69, 9.17) is 23.1 Å². The molecule has 0 saturated carbocycles. The summed E-state index contributed by atoms with van der Waals surface area (Å²) in [6, 6.07) is 0. The summed E-state index contributed by atoms with van der Waals surface area (Å²) in [5.41, 5.74) is -0.0579. The molecule has 1 N–H and O–H groups in total. The summed E-state index contributed by atoms with van der Waals surface area (Å²) in [4.78, 5) is 31.7. The summed E-state index contributed by atoms with van der Waals surface area (Å²) in [6.45, 7) is -0.655. The molecule has 0 aromatic carbocycles. The minimum absolute atomic E-state index is 0.0511. The Bertz CT molecular complexity index is 544. The highest BCUT2D eigenvalue weighted by atomic mass is 35.5. The van der Waals surface area contributed by atoms with Gasteiger partial charge in [-0.2, -0.15) is 0 Å². The zero-order chi connectivity index (χ0) is 14.4. The first-order valence-corrected chi connectivity index (χ1v) is 6.61. The summed E-state index contributed by atoms with van der Waals surface area (Å²) in [5.74, 6) is 0.418. The molecule has 0 unspecified atom stereocenters. The lowest BCUT2D eigenvalue weighted by atomic mass is 10.3. The van der Waals surface area contributed by atoms with Crippen molar-refractivity contribution in [2.75, 3.05) is 19.3 Å². The highest BCUT2D eigenvalue weighted by molar-refractivity contribution is 7.98. The maximum Gasteiger partial charge on any atom is 0.323 e. The number of nitrogens with zero attached hydrogens (tertiary/aromatic N) is 3. The number of hydrogen-bond acceptors (Lipinski definition) is 5. The third-order valence-electron chi connectivity index (χ3n) is 2.00. The standard InChI is InChI=1S/C11H10ClN3O3S/c1-3-4-15(6-8(16)17)10(18)9-7(12)5-13-11(14-9)19-2/h1,5H,4,6H2,2H3,(H,16,17). The number of rotatable bonds is 5. The van der Waals surface area contributed by atoms with E-state index in [2.05, 4.69) is 15.9 Å². The SMILES string of the molecule is C#CCN(CC(=O)O)C(=O)c1nc(SC)ncc1Cl. The minimum atomic E-state index is -1.17. The van der Waals surface area contributed by atoms with E-state index in [1.807, 2.05) is 0 Å². The smallest absolute Gasteiger partial charge is 0.323 e. The van der Waals surface area contributed by atoms with Gasteiger partial charge in [0.15, 0.2) is 10.9 Å². The van der Waals surface area contributed by atoms with Gasteiger partial charge in [-0.25, -0.2) is 9.97 Å². The lowest BCUT2D eigenvalue weighted by Gasteiger charge is -2.17. The van der Waals surface area contributed by atoms with E-state index in [9.17, 15) is 9.59 Å². The van der Waals surface area contributed by atoms with Crippen molar-refractivity contribution in [3.63, 3.8) is 0 Å². The van der Waals surface area contributed by atoms with Crippen LogP contribution in [0.5, 0.6) is 0 Å². The molecule has 1 rings (SSSR count). The number of hydrogen-bond donors (Lipinski definition) is 1. The van der Waals surface area contributed by atoms with Crippen molar-refractivity contribution in [1.29, 1.82) is 0 Å². The molecule has 1 aromatic rings. The van der Waals surface area contributed by atoms with Crippen LogP contribution in [-0.4, -0.2) is 51.2 Å². The van der Waals surface area contributed by atoms with Crippen molar-refractivity contribution in [2.24, 2.45) is 0 Å². The van der Waals surface area contributed by atoms with Crippen LogP contribution in [0.1, 0.15) is 10.5 Å². The predicted molar refractivity (Wildman–Crippen MR) is 71.2 cm³/mol. The van der Waals surface area contributed by atoms with Crippen molar-refractivity contribution in [3.05, 3.63) is 16.9 Å². The van der Waals surface area contributed by atoms with E-state index >= 15 is 0 Å². The zero-order valence-corrected chi connectivity index (χ0v) is 11.5. The van der Waals surface area contributed by atoms with Gasteiger partial charge in [-0.1, -0.05) is 29.3 Å². The van der Waals surface area contributed by atoms with Gasteiger partial charge >= 0.3 is 5.97 Å².